The summed E-state index contributed by atoms with van der Waals surface area (Å²) < 4.78 is 0. The normalized spacial score (nSPS) is 14.6. The van der Waals surface area contributed by atoms with E-state index >= 15 is 0 Å². The van der Waals surface area contributed by atoms with Crippen LogP contribution < -0.4 is 0 Å². The van der Waals surface area contributed by atoms with Crippen molar-refractivity contribution in [2.24, 2.45) is 5.92 Å². The fourth-order valence-corrected chi connectivity index (χ4v) is 1.93. The summed E-state index contributed by atoms with van der Waals surface area (Å²) >= 11 is 0. The van der Waals surface area contributed by atoms with Gasteiger partial charge in [-0.05, 0) is 17.9 Å². The van der Waals surface area contributed by atoms with E-state index in [1.54, 1.807) is 0 Å². The first-order chi connectivity index (χ1) is 7.17. The third-order valence-electron chi connectivity index (χ3n) is 3.03. The highest BCUT2D eigenvalue weighted by atomic mass is 16.1. The predicted molar refractivity (Wildman–Crippen MR) is 63.8 cm³/mol. The lowest BCUT2D eigenvalue weighted by atomic mass is 9.70. The van der Waals surface area contributed by atoms with Crippen LogP contribution in [-0.4, -0.2) is 6.29 Å². The summed E-state index contributed by atoms with van der Waals surface area (Å²) in [6.45, 7) is 7.89. The standard InChI is InChI=1S/C14H18O/c1-4-10-14(11-15,12(2)3)13-8-6-5-7-9-13/h4-9,11-12H,1,10H2,2-3H3/t14-/m0/s1. The molecule has 0 N–H and O–H groups in total. The number of rotatable bonds is 5. The highest BCUT2D eigenvalue weighted by molar-refractivity contribution is 5.69. The molecule has 1 atom stereocenters. The van der Waals surface area contributed by atoms with Crippen molar-refractivity contribution in [3.63, 3.8) is 0 Å². The van der Waals surface area contributed by atoms with Crippen LogP contribution in [0.25, 0.3) is 0 Å². The molecule has 15 heavy (non-hydrogen) atoms. The van der Waals surface area contributed by atoms with E-state index in [4.69, 9.17) is 0 Å². The molecule has 0 aromatic heterocycles. The SMILES string of the molecule is C=CC[C@@](C=O)(c1ccccc1)C(C)C. The van der Waals surface area contributed by atoms with Crippen LogP contribution in [0.2, 0.25) is 0 Å². The first-order valence-electron chi connectivity index (χ1n) is 5.30. The molecule has 0 saturated carbocycles. The Kier molecular flexibility index (Phi) is 3.84. The predicted octanol–water partition coefficient (Wildman–Crippen LogP) is 3.36. The molecule has 0 aliphatic rings. The lowest BCUT2D eigenvalue weighted by Gasteiger charge is -2.31. The third kappa shape index (κ3) is 2.17. The molecule has 0 radical (unpaired) electrons. The molecule has 1 nitrogen and oxygen atoms in total. The molecule has 0 unspecified atom stereocenters. The zero-order chi connectivity index (χ0) is 11.3. The fourth-order valence-electron chi connectivity index (χ4n) is 1.93. The van der Waals surface area contributed by atoms with Gasteiger partial charge in [0.05, 0.1) is 5.41 Å². The van der Waals surface area contributed by atoms with Gasteiger partial charge in [0.1, 0.15) is 6.29 Å². The van der Waals surface area contributed by atoms with Gasteiger partial charge < -0.3 is 4.79 Å². The fraction of sp³-hybridized carbons (Fsp3) is 0.357. The molecule has 1 aromatic rings. The van der Waals surface area contributed by atoms with E-state index in [1.165, 1.54) is 0 Å². The molecule has 80 valence electrons. The smallest absolute Gasteiger partial charge is 0.131 e. The highest BCUT2D eigenvalue weighted by Crippen LogP contribution is 2.33. The lowest BCUT2D eigenvalue weighted by Crippen LogP contribution is -2.33. The maximum absolute atomic E-state index is 11.4. The van der Waals surface area contributed by atoms with Crippen molar-refractivity contribution in [1.82, 2.24) is 0 Å². The lowest BCUT2D eigenvalue weighted by molar-refractivity contribution is -0.114. The molecule has 0 saturated heterocycles. The molecule has 1 heteroatoms. The van der Waals surface area contributed by atoms with E-state index < -0.39 is 5.41 Å². The molecule has 0 aliphatic carbocycles. The van der Waals surface area contributed by atoms with Gasteiger partial charge in [-0.25, -0.2) is 0 Å². The maximum atomic E-state index is 11.4. The van der Waals surface area contributed by atoms with Crippen LogP contribution in [0.5, 0.6) is 0 Å². The molecule has 0 amide bonds. The van der Waals surface area contributed by atoms with E-state index in [-0.39, 0.29) is 5.92 Å². The van der Waals surface area contributed by atoms with Gasteiger partial charge in [0.25, 0.3) is 0 Å². The molecule has 0 heterocycles. The van der Waals surface area contributed by atoms with Crippen molar-refractivity contribution in [3.8, 4) is 0 Å². The van der Waals surface area contributed by atoms with Crippen molar-refractivity contribution >= 4 is 6.29 Å². The Labute approximate surface area is 91.8 Å². The number of benzene rings is 1. The third-order valence-corrected chi connectivity index (χ3v) is 3.03. The number of carbonyl (C=O) groups is 1. The quantitative estimate of drug-likeness (QED) is 0.528. The summed E-state index contributed by atoms with van der Waals surface area (Å²) in [6.07, 6.45) is 3.58. The Hall–Kier alpha value is -1.37. The van der Waals surface area contributed by atoms with Gasteiger partial charge in [0.15, 0.2) is 0 Å². The van der Waals surface area contributed by atoms with Crippen molar-refractivity contribution < 1.29 is 4.79 Å². The van der Waals surface area contributed by atoms with Crippen LogP contribution in [-0.2, 0) is 10.2 Å². The largest absolute Gasteiger partial charge is 0.302 e. The summed E-state index contributed by atoms with van der Waals surface area (Å²) in [5.74, 6) is 0.274. The number of allylic oxidation sites excluding steroid dienone is 1. The van der Waals surface area contributed by atoms with Crippen molar-refractivity contribution in [1.29, 1.82) is 0 Å². The van der Waals surface area contributed by atoms with Crippen LogP contribution >= 0.6 is 0 Å². The Morgan fingerprint density at radius 3 is 2.33 bits per heavy atom. The summed E-state index contributed by atoms with van der Waals surface area (Å²) in [7, 11) is 0. The van der Waals surface area contributed by atoms with E-state index in [1.807, 2.05) is 36.4 Å². The second kappa shape index (κ2) is 4.92. The molecule has 0 fully saturated rings. The molecule has 0 aliphatic heterocycles. The molecule has 0 spiro atoms. The first-order valence-corrected chi connectivity index (χ1v) is 5.30. The number of carbonyl (C=O) groups excluding carboxylic acids is 1. The van der Waals surface area contributed by atoms with Gasteiger partial charge in [-0.2, -0.15) is 0 Å². The van der Waals surface area contributed by atoms with Crippen LogP contribution in [0.4, 0.5) is 0 Å². The Bertz CT molecular complexity index is 326. The van der Waals surface area contributed by atoms with Crippen LogP contribution in [0, 0.1) is 5.92 Å². The average molecular weight is 202 g/mol. The Morgan fingerprint density at radius 2 is 1.93 bits per heavy atom. The number of aldehydes is 1. The minimum atomic E-state index is -0.414. The second-order valence-corrected chi connectivity index (χ2v) is 4.17. The summed E-state index contributed by atoms with van der Waals surface area (Å²) in [4.78, 5) is 11.4. The van der Waals surface area contributed by atoms with Crippen LogP contribution in [0.15, 0.2) is 43.0 Å². The average Bonchev–Trinajstić information content (AvgIpc) is 2.26. The van der Waals surface area contributed by atoms with E-state index in [0.717, 1.165) is 11.8 Å². The molecular formula is C14H18O. The van der Waals surface area contributed by atoms with Gasteiger partial charge in [0.2, 0.25) is 0 Å². The maximum Gasteiger partial charge on any atom is 0.131 e. The second-order valence-electron chi connectivity index (χ2n) is 4.17. The number of hydrogen-bond donors (Lipinski definition) is 0. The minimum absolute atomic E-state index is 0.274. The summed E-state index contributed by atoms with van der Waals surface area (Å²) in [6, 6.07) is 9.93. The van der Waals surface area contributed by atoms with Crippen molar-refractivity contribution in [2.45, 2.75) is 25.7 Å². The van der Waals surface area contributed by atoms with Gasteiger partial charge in [0, 0.05) is 0 Å². The Morgan fingerprint density at radius 1 is 1.33 bits per heavy atom. The minimum Gasteiger partial charge on any atom is -0.302 e. The molecule has 0 bridgehead atoms. The number of hydrogen-bond acceptors (Lipinski definition) is 1. The van der Waals surface area contributed by atoms with Crippen molar-refractivity contribution in [3.05, 3.63) is 48.6 Å². The van der Waals surface area contributed by atoms with Gasteiger partial charge in [-0.1, -0.05) is 50.3 Å². The Balaban J connectivity index is 3.21. The van der Waals surface area contributed by atoms with Gasteiger partial charge >= 0.3 is 0 Å². The van der Waals surface area contributed by atoms with E-state index in [2.05, 4.69) is 20.4 Å². The molecular weight excluding hydrogens is 184 g/mol. The summed E-state index contributed by atoms with van der Waals surface area (Å²) in [5.41, 5.74) is 0.665. The molecule has 1 aromatic carbocycles. The zero-order valence-electron chi connectivity index (χ0n) is 9.44. The van der Waals surface area contributed by atoms with Crippen LogP contribution in [0.3, 0.4) is 0 Å². The van der Waals surface area contributed by atoms with E-state index in [0.29, 0.717) is 6.42 Å². The zero-order valence-corrected chi connectivity index (χ0v) is 9.44. The molecule has 1 rings (SSSR count). The first kappa shape index (κ1) is 11.7. The monoisotopic (exact) mass is 202 g/mol. The summed E-state index contributed by atoms with van der Waals surface area (Å²) in [5, 5.41) is 0. The van der Waals surface area contributed by atoms with Gasteiger partial charge in [-0.15, -0.1) is 6.58 Å². The topological polar surface area (TPSA) is 17.1 Å². The highest BCUT2D eigenvalue weighted by Gasteiger charge is 2.33. The van der Waals surface area contributed by atoms with Gasteiger partial charge in [-0.3, -0.25) is 0 Å². The van der Waals surface area contributed by atoms with E-state index in [9.17, 15) is 4.79 Å². The van der Waals surface area contributed by atoms with Crippen molar-refractivity contribution in [2.75, 3.05) is 0 Å². The van der Waals surface area contributed by atoms with Crippen LogP contribution in [0.1, 0.15) is 25.8 Å².